The Morgan fingerprint density at radius 2 is 0.685 bits per heavy atom. The van der Waals surface area contributed by atoms with Crippen molar-refractivity contribution in [2.45, 2.75) is 0 Å². The molecule has 0 bridgehead atoms. The summed E-state index contributed by atoms with van der Waals surface area (Å²) >= 11 is 1.15. The van der Waals surface area contributed by atoms with Crippen molar-refractivity contribution in [2.24, 2.45) is 0 Å². The fourth-order valence-electron chi connectivity index (χ4n) is 8.17. The van der Waals surface area contributed by atoms with Crippen molar-refractivity contribution < 1.29 is 3.44 Å². The molecule has 252 valence electrons. The molecule has 0 saturated heterocycles. The monoisotopic (exact) mass is 800 g/mol. The van der Waals surface area contributed by atoms with Crippen molar-refractivity contribution in [3.05, 3.63) is 181 Å². The first-order valence-corrected chi connectivity index (χ1v) is 18.6. The second-order valence-corrected chi connectivity index (χ2v) is 13.5. The highest BCUT2D eigenvalue weighted by atomic mass is 127. The molecule has 0 aliphatic heterocycles. The number of nitrogens with zero attached hydrogens (tertiary/aromatic N) is 2. The molecular weight excluding hydrogens is 771 g/mol. The fourth-order valence-corrected chi connectivity index (χ4v) is 8.17. The summed E-state index contributed by atoms with van der Waals surface area (Å²) in [5, 5.41) is 31.6. The van der Waals surface area contributed by atoms with Crippen molar-refractivity contribution in [2.75, 3.05) is 0 Å². The smallest absolute Gasteiger partial charge is 0.106 e. The Morgan fingerprint density at radius 3 is 1.06 bits per heavy atom. The predicted octanol–water partition coefficient (Wildman–Crippen LogP) is 13.6. The van der Waals surface area contributed by atoms with Crippen LogP contribution in [-0.2, 0) is 0 Å². The number of fused-ring (bicyclic) bond motifs is 2. The Kier molecular flexibility index (Phi) is 8.48. The maximum Gasteiger partial charge on any atom is 0.106 e. The lowest BCUT2D eigenvalue weighted by molar-refractivity contribution is 0.748. The summed E-state index contributed by atoms with van der Waals surface area (Å²) in [6.45, 7) is 0. The summed E-state index contributed by atoms with van der Waals surface area (Å²) in [5.74, 6) is 0. The van der Waals surface area contributed by atoms with Crippen molar-refractivity contribution in [1.82, 2.24) is 0 Å². The molecule has 10 aromatic rings. The molecule has 4 heteroatoms. The molecule has 0 unspecified atom stereocenters. The zero-order valence-electron chi connectivity index (χ0n) is 28.9. The van der Waals surface area contributed by atoms with Crippen LogP contribution in [0.15, 0.2) is 170 Å². The lowest BCUT2D eigenvalue weighted by atomic mass is 9.81. The van der Waals surface area contributed by atoms with Gasteiger partial charge in [-0.2, -0.15) is 10.5 Å². The summed E-state index contributed by atoms with van der Waals surface area (Å²) in [7, 11) is 0. The van der Waals surface area contributed by atoms with E-state index in [9.17, 15) is 10.5 Å². The highest BCUT2D eigenvalue weighted by Gasteiger charge is 2.21. The predicted molar refractivity (Wildman–Crippen MR) is 233 cm³/mol. The van der Waals surface area contributed by atoms with Crippen LogP contribution in [0, 0.1) is 22.7 Å². The minimum absolute atomic E-state index is 0.633. The molecule has 54 heavy (non-hydrogen) atoms. The SMILES string of the molecule is N#Cc1cccc(-c2cc(-c3ccc4ccccc4c3)c3ccc4c(-c5cccc(C#N)c5)cc(-c5ccc6ccccc6c5)c5ccc2c3c45)c1.OI. The second kappa shape index (κ2) is 13.8. The summed E-state index contributed by atoms with van der Waals surface area (Å²) in [6.07, 6.45) is 0. The van der Waals surface area contributed by atoms with Gasteiger partial charge in [0.05, 0.1) is 23.3 Å². The second-order valence-electron chi connectivity index (χ2n) is 13.5. The van der Waals surface area contributed by atoms with Crippen LogP contribution in [0.4, 0.5) is 0 Å². The van der Waals surface area contributed by atoms with Gasteiger partial charge < -0.3 is 3.44 Å². The Bertz CT molecular complexity index is 2950. The first-order chi connectivity index (χ1) is 26.7. The summed E-state index contributed by atoms with van der Waals surface area (Å²) in [5.41, 5.74) is 10.0. The maximum atomic E-state index is 9.89. The number of hydrogen-bond acceptors (Lipinski definition) is 3. The van der Waals surface area contributed by atoms with Crippen LogP contribution in [0.3, 0.4) is 0 Å². The van der Waals surface area contributed by atoms with E-state index < -0.39 is 0 Å². The average Bonchev–Trinajstić information content (AvgIpc) is 3.25. The largest absolute Gasteiger partial charge is 0.331 e. The Labute approximate surface area is 326 Å². The van der Waals surface area contributed by atoms with Crippen LogP contribution in [0.1, 0.15) is 11.1 Å². The fraction of sp³-hybridized carbons (Fsp3) is 0. The van der Waals surface area contributed by atoms with Crippen LogP contribution >= 0.6 is 23.0 Å². The molecule has 0 aliphatic rings. The third-order valence-electron chi connectivity index (χ3n) is 10.6. The van der Waals surface area contributed by atoms with Crippen molar-refractivity contribution in [1.29, 1.82) is 10.5 Å². The van der Waals surface area contributed by atoms with Gasteiger partial charge in [-0.1, -0.05) is 121 Å². The van der Waals surface area contributed by atoms with Gasteiger partial charge in [0.25, 0.3) is 0 Å². The molecule has 0 radical (unpaired) electrons. The lowest BCUT2D eigenvalue weighted by Crippen LogP contribution is -1.95. The molecule has 0 aliphatic carbocycles. The minimum atomic E-state index is 0.633. The molecule has 0 aromatic heterocycles. The van der Waals surface area contributed by atoms with Gasteiger partial charge in [-0.15, -0.1) is 0 Å². The van der Waals surface area contributed by atoms with E-state index in [1.807, 2.05) is 36.4 Å². The number of halogens is 1. The van der Waals surface area contributed by atoms with Gasteiger partial charge in [-0.3, -0.25) is 0 Å². The van der Waals surface area contributed by atoms with Gasteiger partial charge >= 0.3 is 0 Å². The van der Waals surface area contributed by atoms with E-state index in [1.165, 1.54) is 43.1 Å². The van der Waals surface area contributed by atoms with E-state index in [0.717, 1.165) is 78.3 Å². The third kappa shape index (κ3) is 5.52. The summed E-state index contributed by atoms with van der Waals surface area (Å²) < 4.78 is 6.97. The van der Waals surface area contributed by atoms with E-state index in [2.05, 4.69) is 146 Å². The number of benzene rings is 10. The molecule has 0 spiro atoms. The third-order valence-corrected chi connectivity index (χ3v) is 10.6. The van der Waals surface area contributed by atoms with Crippen LogP contribution in [0.5, 0.6) is 0 Å². The lowest BCUT2D eigenvalue weighted by Gasteiger charge is -2.22. The molecule has 0 atom stereocenters. The summed E-state index contributed by atoms with van der Waals surface area (Å²) in [4.78, 5) is 0. The van der Waals surface area contributed by atoms with E-state index >= 15 is 0 Å². The maximum absolute atomic E-state index is 9.89. The molecule has 0 amide bonds. The van der Waals surface area contributed by atoms with Gasteiger partial charge in [0, 0.05) is 0 Å². The number of rotatable bonds is 4. The molecule has 10 aromatic carbocycles. The minimum Gasteiger partial charge on any atom is -0.331 e. The quantitative estimate of drug-likeness (QED) is 0.142. The van der Waals surface area contributed by atoms with Crippen LogP contribution < -0.4 is 0 Å². The van der Waals surface area contributed by atoms with Crippen LogP contribution in [0.25, 0.3) is 98.4 Å². The van der Waals surface area contributed by atoms with Gasteiger partial charge in [-0.05, 0) is 147 Å². The van der Waals surface area contributed by atoms with E-state index in [-0.39, 0.29) is 0 Å². The molecule has 3 nitrogen and oxygen atoms in total. The van der Waals surface area contributed by atoms with Crippen molar-refractivity contribution >= 4 is 76.9 Å². The van der Waals surface area contributed by atoms with Crippen molar-refractivity contribution in [3.8, 4) is 56.6 Å². The number of nitriles is 2. The Hall–Kier alpha value is -6.57. The Balaban J connectivity index is 0.00000189. The normalized spacial score (nSPS) is 11.1. The van der Waals surface area contributed by atoms with Crippen LogP contribution in [0.2, 0.25) is 0 Å². The zero-order valence-corrected chi connectivity index (χ0v) is 31.0. The van der Waals surface area contributed by atoms with Gasteiger partial charge in [-0.25, -0.2) is 0 Å². The topological polar surface area (TPSA) is 67.8 Å². The highest BCUT2D eigenvalue weighted by molar-refractivity contribution is 14.1. The molecule has 0 fully saturated rings. The van der Waals surface area contributed by atoms with Gasteiger partial charge in [0.15, 0.2) is 0 Å². The molecule has 1 N–H and O–H groups in total. The first-order valence-electron chi connectivity index (χ1n) is 17.6. The zero-order chi connectivity index (χ0) is 36.8. The molecule has 10 rings (SSSR count). The van der Waals surface area contributed by atoms with Crippen LogP contribution in [-0.4, -0.2) is 3.44 Å². The van der Waals surface area contributed by atoms with Gasteiger partial charge in [0.2, 0.25) is 0 Å². The van der Waals surface area contributed by atoms with E-state index in [0.29, 0.717) is 11.1 Å². The average molecular weight is 801 g/mol. The summed E-state index contributed by atoms with van der Waals surface area (Å²) in [6, 6.07) is 64.7. The Morgan fingerprint density at radius 1 is 0.333 bits per heavy atom. The van der Waals surface area contributed by atoms with Crippen molar-refractivity contribution in [3.63, 3.8) is 0 Å². The first kappa shape index (κ1) is 33.3. The van der Waals surface area contributed by atoms with E-state index in [1.54, 1.807) is 0 Å². The van der Waals surface area contributed by atoms with E-state index in [4.69, 9.17) is 3.44 Å². The highest BCUT2D eigenvalue weighted by Crippen LogP contribution is 2.49. The standard InChI is InChI=1S/C50H28N2.HIO/c51-29-31-7-5-13-37(23-31)45-27-47(39-17-15-33-9-1-3-11-35(33)25-39)43-21-19-42-46(38-14-6-8-32(24-38)30-52)28-48(44-22-20-41(45)49(43)50(42)44)40-18-16-34-10-2-4-12-36(34)26-40;1-2/h1-28H;2H. The molecular formula is C50H29IN2O. The molecule has 0 saturated carbocycles. The number of hydrogen-bond donors (Lipinski definition) is 1. The molecule has 0 heterocycles. The van der Waals surface area contributed by atoms with Gasteiger partial charge in [0.1, 0.15) is 23.0 Å².